The largest absolute Gasteiger partial charge is 0.330 e. The van der Waals surface area contributed by atoms with Gasteiger partial charge in [-0.3, -0.25) is 14.9 Å². The number of benzene rings is 1. The Morgan fingerprint density at radius 3 is 2.62 bits per heavy atom. The van der Waals surface area contributed by atoms with Gasteiger partial charge in [-0.05, 0) is 50.3 Å². The maximum Gasteiger partial charge on any atom is 0.306 e. The third-order valence-electron chi connectivity index (χ3n) is 3.96. The molecule has 1 aromatic rings. The van der Waals surface area contributed by atoms with Crippen molar-refractivity contribution in [1.29, 1.82) is 0 Å². The van der Waals surface area contributed by atoms with Crippen LogP contribution in [0.25, 0.3) is 0 Å². The first-order valence-corrected chi connectivity index (χ1v) is 6.96. The van der Waals surface area contributed by atoms with Gasteiger partial charge in [0, 0.05) is 17.7 Å². The molecule has 0 unspecified atom stereocenters. The Morgan fingerprint density at radius 1 is 1.38 bits per heavy atom. The summed E-state index contributed by atoms with van der Waals surface area (Å²) >= 11 is 0. The second kappa shape index (κ2) is 6.62. The van der Waals surface area contributed by atoms with Crippen molar-refractivity contribution in [3.8, 4) is 0 Å². The highest BCUT2D eigenvalue weighted by molar-refractivity contribution is 5.92. The number of rotatable bonds is 4. The van der Waals surface area contributed by atoms with Crippen molar-refractivity contribution in [2.75, 3.05) is 11.9 Å². The second-order valence-electron chi connectivity index (χ2n) is 5.37. The molecule has 21 heavy (non-hydrogen) atoms. The molecule has 0 saturated heterocycles. The van der Waals surface area contributed by atoms with Gasteiger partial charge < -0.3 is 11.1 Å². The summed E-state index contributed by atoms with van der Waals surface area (Å²) < 4.78 is 13.2. The van der Waals surface area contributed by atoms with Crippen LogP contribution >= 0.6 is 0 Å². The molecular formula is C14H18FN3O3. The Hall–Kier alpha value is -2.02. The zero-order valence-electron chi connectivity index (χ0n) is 11.5. The van der Waals surface area contributed by atoms with Gasteiger partial charge in [0.05, 0.1) is 4.92 Å². The predicted molar refractivity (Wildman–Crippen MR) is 76.2 cm³/mol. The highest BCUT2D eigenvalue weighted by Crippen LogP contribution is 2.29. The molecule has 3 N–H and O–H groups in total. The fraction of sp³-hybridized carbons (Fsp3) is 0.500. The van der Waals surface area contributed by atoms with Crippen LogP contribution in [0.2, 0.25) is 0 Å². The molecule has 114 valence electrons. The molecule has 1 aliphatic carbocycles. The molecule has 0 radical (unpaired) electrons. The number of carbonyl (C=O) groups excluding carboxylic acids is 1. The fourth-order valence-corrected chi connectivity index (χ4v) is 2.63. The number of hydrogen-bond acceptors (Lipinski definition) is 4. The number of anilines is 1. The first-order chi connectivity index (χ1) is 10.0. The van der Waals surface area contributed by atoms with Crippen molar-refractivity contribution in [1.82, 2.24) is 0 Å². The molecule has 0 aliphatic heterocycles. The van der Waals surface area contributed by atoms with Crippen molar-refractivity contribution in [3.63, 3.8) is 0 Å². The van der Waals surface area contributed by atoms with Crippen LogP contribution in [0, 0.1) is 27.8 Å². The summed E-state index contributed by atoms with van der Waals surface area (Å²) in [7, 11) is 0. The van der Waals surface area contributed by atoms with E-state index in [1.807, 2.05) is 0 Å². The minimum Gasteiger partial charge on any atom is -0.330 e. The van der Waals surface area contributed by atoms with Crippen LogP contribution in [0.5, 0.6) is 0 Å². The molecule has 1 fully saturated rings. The lowest BCUT2D eigenvalue weighted by molar-refractivity contribution is -0.387. The minimum atomic E-state index is -0.915. The molecule has 0 atom stereocenters. The lowest BCUT2D eigenvalue weighted by Gasteiger charge is -2.26. The van der Waals surface area contributed by atoms with Crippen LogP contribution in [-0.4, -0.2) is 17.4 Å². The van der Waals surface area contributed by atoms with E-state index in [-0.39, 0.29) is 17.5 Å². The minimum absolute atomic E-state index is 0.114. The number of nitro groups is 1. The van der Waals surface area contributed by atoms with Crippen LogP contribution in [0.3, 0.4) is 0 Å². The van der Waals surface area contributed by atoms with Crippen molar-refractivity contribution in [2.45, 2.75) is 25.7 Å². The zero-order chi connectivity index (χ0) is 15.4. The Bertz CT molecular complexity index is 542. The van der Waals surface area contributed by atoms with Gasteiger partial charge in [0.2, 0.25) is 11.7 Å². The fourth-order valence-electron chi connectivity index (χ4n) is 2.63. The summed E-state index contributed by atoms with van der Waals surface area (Å²) in [6, 6.07) is 3.35. The molecule has 0 bridgehead atoms. The van der Waals surface area contributed by atoms with Gasteiger partial charge in [0.25, 0.3) is 0 Å². The first kappa shape index (κ1) is 15.4. The topological polar surface area (TPSA) is 98.3 Å². The number of nitrogens with two attached hydrogens (primary N) is 1. The van der Waals surface area contributed by atoms with Crippen molar-refractivity contribution >= 4 is 17.3 Å². The first-order valence-electron chi connectivity index (χ1n) is 6.96. The number of nitrogens with zero attached hydrogens (tertiary/aromatic N) is 1. The predicted octanol–water partition coefficient (Wildman–Crippen LogP) is 2.44. The van der Waals surface area contributed by atoms with Gasteiger partial charge >= 0.3 is 5.69 Å². The van der Waals surface area contributed by atoms with Crippen LogP contribution in [0.4, 0.5) is 15.8 Å². The van der Waals surface area contributed by atoms with E-state index in [9.17, 15) is 19.3 Å². The Labute approximate surface area is 121 Å². The zero-order valence-corrected chi connectivity index (χ0v) is 11.5. The molecular weight excluding hydrogens is 277 g/mol. The smallest absolute Gasteiger partial charge is 0.306 e. The number of nitro benzene ring substituents is 1. The summed E-state index contributed by atoms with van der Waals surface area (Å²) in [4.78, 5) is 22.0. The van der Waals surface area contributed by atoms with E-state index >= 15 is 0 Å². The summed E-state index contributed by atoms with van der Waals surface area (Å²) in [5.74, 6) is -0.731. The average molecular weight is 295 g/mol. The van der Waals surface area contributed by atoms with E-state index in [1.165, 1.54) is 6.07 Å². The quantitative estimate of drug-likeness (QED) is 0.658. The summed E-state index contributed by atoms with van der Waals surface area (Å²) in [6.45, 7) is 0.637. The van der Waals surface area contributed by atoms with E-state index in [2.05, 4.69) is 5.32 Å². The molecule has 2 rings (SSSR count). The lowest BCUT2D eigenvalue weighted by Crippen LogP contribution is -2.29. The number of hydrogen-bond donors (Lipinski definition) is 2. The number of amides is 1. The van der Waals surface area contributed by atoms with Crippen LogP contribution in [0.15, 0.2) is 18.2 Å². The van der Waals surface area contributed by atoms with E-state index < -0.39 is 16.4 Å². The Morgan fingerprint density at radius 2 is 2.05 bits per heavy atom. The maximum atomic E-state index is 13.2. The van der Waals surface area contributed by atoms with Gasteiger partial charge in [0.1, 0.15) is 0 Å². The summed E-state index contributed by atoms with van der Waals surface area (Å²) in [5.41, 5.74) is 5.21. The monoisotopic (exact) mass is 295 g/mol. The van der Waals surface area contributed by atoms with Gasteiger partial charge in [-0.15, -0.1) is 0 Å². The molecule has 0 spiro atoms. The van der Waals surface area contributed by atoms with E-state index in [4.69, 9.17) is 5.73 Å². The summed E-state index contributed by atoms with van der Waals surface area (Å²) in [5, 5.41) is 13.3. The molecule has 1 aliphatic rings. The van der Waals surface area contributed by atoms with Crippen molar-refractivity contribution in [3.05, 3.63) is 34.1 Å². The van der Waals surface area contributed by atoms with Gasteiger partial charge in [-0.2, -0.15) is 4.39 Å². The van der Waals surface area contributed by atoms with Crippen LogP contribution in [0.1, 0.15) is 25.7 Å². The second-order valence-corrected chi connectivity index (χ2v) is 5.37. The van der Waals surface area contributed by atoms with Crippen LogP contribution in [-0.2, 0) is 4.79 Å². The number of halogens is 1. The molecule has 0 aromatic heterocycles. The molecule has 1 saturated carbocycles. The standard InChI is InChI=1S/C14H18FN3O3/c15-12-6-5-11(7-13(12)18(20)21)17-14(19)10-3-1-9(8-16)2-4-10/h5-7,9-10H,1-4,8,16H2,(H,17,19). The highest BCUT2D eigenvalue weighted by atomic mass is 19.1. The van der Waals surface area contributed by atoms with E-state index in [0.29, 0.717) is 12.5 Å². The van der Waals surface area contributed by atoms with Crippen LogP contribution < -0.4 is 11.1 Å². The van der Waals surface area contributed by atoms with E-state index in [1.54, 1.807) is 0 Å². The average Bonchev–Trinajstić information content (AvgIpc) is 2.49. The third kappa shape index (κ3) is 3.75. The number of nitrogens with one attached hydrogen (secondary N) is 1. The highest BCUT2D eigenvalue weighted by Gasteiger charge is 2.26. The Balaban J connectivity index is 2.00. The molecule has 1 amide bonds. The van der Waals surface area contributed by atoms with Gasteiger partial charge in [0.15, 0.2) is 0 Å². The molecule has 6 nitrogen and oxygen atoms in total. The molecule has 1 aromatic carbocycles. The molecule has 7 heteroatoms. The summed E-state index contributed by atoms with van der Waals surface area (Å²) in [6.07, 6.45) is 3.35. The molecule has 0 heterocycles. The van der Waals surface area contributed by atoms with E-state index in [0.717, 1.165) is 37.8 Å². The lowest BCUT2D eigenvalue weighted by atomic mass is 9.81. The van der Waals surface area contributed by atoms with Gasteiger partial charge in [-0.25, -0.2) is 0 Å². The van der Waals surface area contributed by atoms with Crippen molar-refractivity contribution in [2.24, 2.45) is 17.6 Å². The van der Waals surface area contributed by atoms with Crippen molar-refractivity contribution < 1.29 is 14.1 Å². The SMILES string of the molecule is NCC1CCC(C(=O)Nc2ccc(F)c([N+](=O)[O-])c2)CC1. The third-order valence-corrected chi connectivity index (χ3v) is 3.96. The van der Waals surface area contributed by atoms with Gasteiger partial charge in [-0.1, -0.05) is 0 Å². The maximum absolute atomic E-state index is 13.2. The normalized spacial score (nSPS) is 21.8. The number of carbonyl (C=O) groups is 1. The Kier molecular flexibility index (Phi) is 4.85.